The van der Waals surface area contributed by atoms with E-state index in [1.807, 2.05) is 41.5 Å². The molecule has 1 amide bonds. The SMILES string of the molecule is CCC(CC)(CNCc1cc(F)ccc1C)NC(=O)OC(C)(C)C. The van der Waals surface area contributed by atoms with Crippen molar-refractivity contribution in [2.75, 3.05) is 6.54 Å². The van der Waals surface area contributed by atoms with E-state index in [2.05, 4.69) is 10.6 Å². The first kappa shape index (κ1) is 20.4. The molecule has 1 rings (SSSR count). The van der Waals surface area contributed by atoms with Gasteiger partial charge in [0.1, 0.15) is 11.4 Å². The van der Waals surface area contributed by atoms with Crippen LogP contribution in [0.1, 0.15) is 58.6 Å². The minimum Gasteiger partial charge on any atom is -0.444 e. The average molecular weight is 338 g/mol. The summed E-state index contributed by atoms with van der Waals surface area (Å²) in [6, 6.07) is 4.78. The number of benzene rings is 1. The van der Waals surface area contributed by atoms with E-state index in [4.69, 9.17) is 4.74 Å². The smallest absolute Gasteiger partial charge is 0.408 e. The Bertz CT molecular complexity index is 549. The average Bonchev–Trinajstić information content (AvgIpc) is 2.47. The first-order valence-corrected chi connectivity index (χ1v) is 8.57. The molecular weight excluding hydrogens is 307 g/mol. The molecule has 0 saturated heterocycles. The second-order valence-corrected chi connectivity index (χ2v) is 7.29. The molecule has 0 radical (unpaired) electrons. The number of halogens is 1. The van der Waals surface area contributed by atoms with E-state index < -0.39 is 11.7 Å². The normalized spacial score (nSPS) is 12.1. The number of carbonyl (C=O) groups excluding carboxylic acids is 1. The maximum absolute atomic E-state index is 13.4. The van der Waals surface area contributed by atoms with Gasteiger partial charge in [-0.1, -0.05) is 19.9 Å². The summed E-state index contributed by atoms with van der Waals surface area (Å²) in [7, 11) is 0. The van der Waals surface area contributed by atoms with Gasteiger partial charge in [0.25, 0.3) is 0 Å². The Morgan fingerprint density at radius 3 is 2.38 bits per heavy atom. The van der Waals surface area contributed by atoms with Gasteiger partial charge < -0.3 is 15.4 Å². The van der Waals surface area contributed by atoms with Gasteiger partial charge in [0.15, 0.2) is 0 Å². The van der Waals surface area contributed by atoms with Crippen LogP contribution in [0.5, 0.6) is 0 Å². The number of aryl methyl sites for hydroxylation is 1. The second kappa shape index (κ2) is 8.47. The van der Waals surface area contributed by atoms with Crippen LogP contribution in [-0.2, 0) is 11.3 Å². The zero-order valence-corrected chi connectivity index (χ0v) is 15.8. The Labute approximate surface area is 145 Å². The van der Waals surface area contributed by atoms with E-state index >= 15 is 0 Å². The van der Waals surface area contributed by atoms with Crippen molar-refractivity contribution in [3.05, 3.63) is 35.1 Å². The van der Waals surface area contributed by atoms with E-state index in [9.17, 15) is 9.18 Å². The number of rotatable bonds is 7. The van der Waals surface area contributed by atoms with Gasteiger partial charge in [-0.25, -0.2) is 9.18 Å². The standard InChI is InChI=1S/C19H31FN2O2/c1-7-19(8-2,22-17(23)24-18(4,5)6)13-21-12-15-11-16(20)10-9-14(15)3/h9-11,21H,7-8,12-13H2,1-6H3,(H,22,23). The predicted molar refractivity (Wildman–Crippen MR) is 95.5 cm³/mol. The molecule has 0 aliphatic rings. The van der Waals surface area contributed by atoms with Gasteiger partial charge in [-0.3, -0.25) is 0 Å². The van der Waals surface area contributed by atoms with Crippen molar-refractivity contribution in [1.29, 1.82) is 0 Å². The second-order valence-electron chi connectivity index (χ2n) is 7.29. The molecule has 0 atom stereocenters. The summed E-state index contributed by atoms with van der Waals surface area (Å²) >= 11 is 0. The van der Waals surface area contributed by atoms with Crippen molar-refractivity contribution >= 4 is 6.09 Å². The van der Waals surface area contributed by atoms with Gasteiger partial charge in [0, 0.05) is 13.1 Å². The van der Waals surface area contributed by atoms with Crippen LogP contribution in [-0.4, -0.2) is 23.8 Å². The molecule has 0 bridgehead atoms. The highest BCUT2D eigenvalue weighted by Gasteiger charge is 2.30. The molecule has 0 aliphatic heterocycles. The third-order valence-electron chi connectivity index (χ3n) is 4.21. The van der Waals surface area contributed by atoms with E-state index in [0.717, 1.165) is 24.0 Å². The number of hydrogen-bond donors (Lipinski definition) is 2. The van der Waals surface area contributed by atoms with Crippen LogP contribution in [0.3, 0.4) is 0 Å². The molecule has 0 aliphatic carbocycles. The molecule has 0 unspecified atom stereocenters. The highest BCUT2D eigenvalue weighted by molar-refractivity contribution is 5.68. The zero-order valence-electron chi connectivity index (χ0n) is 15.8. The Morgan fingerprint density at radius 1 is 1.21 bits per heavy atom. The van der Waals surface area contributed by atoms with Crippen LogP contribution >= 0.6 is 0 Å². The molecule has 0 aromatic heterocycles. The lowest BCUT2D eigenvalue weighted by Gasteiger charge is -2.34. The van der Waals surface area contributed by atoms with Crippen molar-refractivity contribution in [3.8, 4) is 0 Å². The first-order valence-electron chi connectivity index (χ1n) is 8.57. The Kier molecular flexibility index (Phi) is 7.21. The molecule has 1 aromatic rings. The summed E-state index contributed by atoms with van der Waals surface area (Å²) in [5, 5.41) is 6.34. The first-order chi connectivity index (χ1) is 11.1. The van der Waals surface area contributed by atoms with Crippen LogP contribution in [0.15, 0.2) is 18.2 Å². The maximum atomic E-state index is 13.4. The third kappa shape index (κ3) is 6.48. The molecule has 24 heavy (non-hydrogen) atoms. The van der Waals surface area contributed by atoms with Gasteiger partial charge in [0.05, 0.1) is 5.54 Å². The molecule has 4 nitrogen and oxygen atoms in total. The Morgan fingerprint density at radius 2 is 1.83 bits per heavy atom. The summed E-state index contributed by atoms with van der Waals surface area (Å²) < 4.78 is 18.7. The fourth-order valence-corrected chi connectivity index (χ4v) is 2.51. The van der Waals surface area contributed by atoms with Crippen LogP contribution in [0.4, 0.5) is 9.18 Å². The quantitative estimate of drug-likeness (QED) is 0.779. The van der Waals surface area contributed by atoms with Crippen molar-refractivity contribution in [2.24, 2.45) is 0 Å². The van der Waals surface area contributed by atoms with E-state index in [-0.39, 0.29) is 11.4 Å². The van der Waals surface area contributed by atoms with Crippen LogP contribution in [0.25, 0.3) is 0 Å². The summed E-state index contributed by atoms with van der Waals surface area (Å²) in [6.07, 6.45) is 1.14. The Hall–Kier alpha value is -1.62. The molecule has 1 aromatic carbocycles. The summed E-state index contributed by atoms with van der Waals surface area (Å²) in [6.45, 7) is 12.7. The number of alkyl carbamates (subject to hydrolysis) is 1. The Balaban J connectivity index is 2.68. The lowest BCUT2D eigenvalue weighted by atomic mass is 9.92. The molecule has 136 valence electrons. The molecule has 0 saturated carbocycles. The van der Waals surface area contributed by atoms with Gasteiger partial charge in [-0.15, -0.1) is 0 Å². The molecule has 2 N–H and O–H groups in total. The van der Waals surface area contributed by atoms with Gasteiger partial charge >= 0.3 is 6.09 Å². The molecule has 0 spiro atoms. The lowest BCUT2D eigenvalue weighted by Crippen LogP contribution is -2.55. The fourth-order valence-electron chi connectivity index (χ4n) is 2.51. The molecule has 0 fully saturated rings. The third-order valence-corrected chi connectivity index (χ3v) is 4.21. The lowest BCUT2D eigenvalue weighted by molar-refractivity contribution is 0.0446. The van der Waals surface area contributed by atoms with Crippen molar-refractivity contribution in [2.45, 2.75) is 72.1 Å². The number of amides is 1. The van der Waals surface area contributed by atoms with Crippen molar-refractivity contribution < 1.29 is 13.9 Å². The van der Waals surface area contributed by atoms with Crippen molar-refractivity contribution in [3.63, 3.8) is 0 Å². The number of carbonyl (C=O) groups is 1. The largest absolute Gasteiger partial charge is 0.444 e. The minimum absolute atomic E-state index is 0.235. The van der Waals surface area contributed by atoms with E-state index in [1.165, 1.54) is 6.07 Å². The zero-order chi connectivity index (χ0) is 18.4. The predicted octanol–water partition coefficient (Wildman–Crippen LogP) is 4.31. The molecule has 5 heteroatoms. The number of ether oxygens (including phenoxy) is 1. The summed E-state index contributed by atoms with van der Waals surface area (Å²) in [5.74, 6) is -0.235. The maximum Gasteiger partial charge on any atom is 0.408 e. The van der Waals surface area contributed by atoms with Crippen LogP contribution in [0, 0.1) is 12.7 Å². The van der Waals surface area contributed by atoms with Crippen LogP contribution in [0.2, 0.25) is 0 Å². The van der Waals surface area contributed by atoms with Gasteiger partial charge in [-0.2, -0.15) is 0 Å². The molecular formula is C19H31FN2O2. The fraction of sp³-hybridized carbons (Fsp3) is 0.632. The van der Waals surface area contributed by atoms with Crippen molar-refractivity contribution in [1.82, 2.24) is 10.6 Å². The van der Waals surface area contributed by atoms with Crippen LogP contribution < -0.4 is 10.6 Å². The topological polar surface area (TPSA) is 50.4 Å². The summed E-state index contributed by atoms with van der Waals surface area (Å²) in [4.78, 5) is 12.1. The van der Waals surface area contributed by atoms with Gasteiger partial charge in [0.2, 0.25) is 0 Å². The van der Waals surface area contributed by atoms with E-state index in [1.54, 1.807) is 12.1 Å². The monoisotopic (exact) mass is 338 g/mol. The summed E-state index contributed by atoms with van der Waals surface area (Å²) in [5.41, 5.74) is 1.06. The minimum atomic E-state index is -0.524. The van der Waals surface area contributed by atoms with E-state index in [0.29, 0.717) is 13.1 Å². The number of hydrogen-bond acceptors (Lipinski definition) is 3. The highest BCUT2D eigenvalue weighted by Crippen LogP contribution is 2.17. The molecule has 0 heterocycles. The van der Waals surface area contributed by atoms with Gasteiger partial charge in [-0.05, 0) is 63.8 Å². The highest BCUT2D eigenvalue weighted by atomic mass is 19.1. The number of nitrogens with one attached hydrogen (secondary N) is 2.